The number of carbonyl (C=O) groups is 1. The lowest BCUT2D eigenvalue weighted by molar-refractivity contribution is -0.137. The minimum atomic E-state index is -4.75. The molecule has 1 aliphatic rings. The lowest BCUT2D eigenvalue weighted by atomic mass is 10.2. The lowest BCUT2D eigenvalue weighted by Gasteiger charge is -2.34. The first kappa shape index (κ1) is 21.7. The second kappa shape index (κ2) is 8.20. The Hall–Kier alpha value is -1.58. The molecule has 0 unspecified atom stereocenters. The van der Waals surface area contributed by atoms with Gasteiger partial charge in [-0.25, -0.2) is 8.42 Å². The van der Waals surface area contributed by atoms with Gasteiger partial charge in [-0.2, -0.15) is 17.5 Å². The minimum Gasteiger partial charge on any atom is -0.336 e. The van der Waals surface area contributed by atoms with Crippen molar-refractivity contribution in [3.63, 3.8) is 0 Å². The minimum absolute atomic E-state index is 0.0114. The molecule has 1 fully saturated rings. The Morgan fingerprint density at radius 1 is 1.22 bits per heavy atom. The molecule has 2 rings (SSSR count). The predicted molar refractivity (Wildman–Crippen MR) is 95.8 cm³/mol. The molecule has 1 aromatic carbocycles. The standard InChI is InChI=1S/C17H20ClF3N2O3S/c1-3-4-12(2)16(24)22-7-9-23(10-8-22)27(25,26)13-5-6-15(18)14(11-13)17(19,20)21/h4-6,11H,3,7-10H2,1-2H3/b12-4-. The first-order chi connectivity index (χ1) is 12.5. The van der Waals surface area contributed by atoms with E-state index in [0.717, 1.165) is 16.4 Å². The van der Waals surface area contributed by atoms with E-state index >= 15 is 0 Å². The molecule has 27 heavy (non-hydrogen) atoms. The van der Waals surface area contributed by atoms with Crippen LogP contribution in [0.25, 0.3) is 0 Å². The molecule has 1 aromatic rings. The summed E-state index contributed by atoms with van der Waals surface area (Å²) in [4.78, 5) is 13.3. The van der Waals surface area contributed by atoms with Gasteiger partial charge in [0.2, 0.25) is 15.9 Å². The van der Waals surface area contributed by atoms with Crippen molar-refractivity contribution in [2.24, 2.45) is 0 Å². The molecule has 0 saturated carbocycles. The molecule has 1 aliphatic heterocycles. The fraction of sp³-hybridized carbons (Fsp3) is 0.471. The fourth-order valence-electron chi connectivity index (χ4n) is 2.81. The average Bonchev–Trinajstić information content (AvgIpc) is 2.60. The Kier molecular flexibility index (Phi) is 6.59. The smallest absolute Gasteiger partial charge is 0.336 e. The number of halogens is 4. The van der Waals surface area contributed by atoms with Crippen molar-refractivity contribution in [2.75, 3.05) is 26.2 Å². The van der Waals surface area contributed by atoms with Gasteiger partial charge in [-0.1, -0.05) is 24.6 Å². The number of hydrogen-bond acceptors (Lipinski definition) is 3. The quantitative estimate of drug-likeness (QED) is 0.694. The van der Waals surface area contributed by atoms with Gasteiger partial charge in [-0.05, 0) is 31.5 Å². The van der Waals surface area contributed by atoms with Crippen LogP contribution in [0.2, 0.25) is 5.02 Å². The van der Waals surface area contributed by atoms with E-state index in [9.17, 15) is 26.4 Å². The highest BCUT2D eigenvalue weighted by Gasteiger charge is 2.36. The van der Waals surface area contributed by atoms with Crippen LogP contribution in [-0.4, -0.2) is 49.7 Å². The van der Waals surface area contributed by atoms with Gasteiger partial charge in [0.05, 0.1) is 15.5 Å². The van der Waals surface area contributed by atoms with E-state index in [-0.39, 0.29) is 32.1 Å². The molecular formula is C17H20ClF3N2O3S. The summed E-state index contributed by atoms with van der Waals surface area (Å²) in [6.45, 7) is 3.97. The Balaban J connectivity index is 2.18. The van der Waals surface area contributed by atoms with Gasteiger partial charge in [-0.3, -0.25) is 4.79 Å². The first-order valence-corrected chi connectivity index (χ1v) is 10.1. The van der Waals surface area contributed by atoms with Crippen LogP contribution in [0.4, 0.5) is 13.2 Å². The molecule has 10 heteroatoms. The summed E-state index contributed by atoms with van der Waals surface area (Å²) in [5, 5.41) is -0.560. The normalized spacial score (nSPS) is 17.3. The number of amides is 1. The number of alkyl halides is 3. The third kappa shape index (κ3) is 4.83. The van der Waals surface area contributed by atoms with Crippen molar-refractivity contribution in [1.82, 2.24) is 9.21 Å². The van der Waals surface area contributed by atoms with Gasteiger partial charge in [-0.15, -0.1) is 0 Å². The molecule has 5 nitrogen and oxygen atoms in total. The topological polar surface area (TPSA) is 57.7 Å². The van der Waals surface area contributed by atoms with Gasteiger partial charge < -0.3 is 4.90 Å². The van der Waals surface area contributed by atoms with E-state index in [4.69, 9.17) is 11.6 Å². The maximum Gasteiger partial charge on any atom is 0.417 e. The molecule has 1 heterocycles. The van der Waals surface area contributed by atoms with Gasteiger partial charge in [0.1, 0.15) is 0 Å². The second-order valence-electron chi connectivity index (χ2n) is 6.13. The number of sulfonamides is 1. The third-order valence-corrected chi connectivity index (χ3v) is 6.48. The molecule has 0 aliphatic carbocycles. The molecule has 1 saturated heterocycles. The van der Waals surface area contributed by atoms with E-state index < -0.39 is 31.7 Å². The summed E-state index contributed by atoms with van der Waals surface area (Å²) in [5.74, 6) is -0.167. The molecular weight excluding hydrogens is 405 g/mol. The third-order valence-electron chi connectivity index (χ3n) is 4.25. The number of allylic oxidation sites excluding steroid dienone is 1. The van der Waals surface area contributed by atoms with Gasteiger partial charge in [0.25, 0.3) is 0 Å². The molecule has 0 radical (unpaired) electrons. The Morgan fingerprint density at radius 3 is 2.33 bits per heavy atom. The molecule has 150 valence electrons. The SMILES string of the molecule is CC/C=C(/C)C(=O)N1CCN(S(=O)(=O)c2ccc(Cl)c(C(F)(F)F)c2)CC1. The number of benzene rings is 1. The molecule has 0 bridgehead atoms. The zero-order valence-corrected chi connectivity index (χ0v) is 16.5. The number of nitrogens with zero attached hydrogens (tertiary/aromatic N) is 2. The van der Waals surface area contributed by atoms with E-state index in [1.54, 1.807) is 13.0 Å². The number of carbonyl (C=O) groups excluding carboxylic acids is 1. The van der Waals surface area contributed by atoms with Gasteiger partial charge in [0, 0.05) is 31.8 Å². The van der Waals surface area contributed by atoms with Crippen molar-refractivity contribution in [3.05, 3.63) is 40.4 Å². The van der Waals surface area contributed by atoms with E-state index in [1.807, 2.05) is 6.92 Å². The summed E-state index contributed by atoms with van der Waals surface area (Å²) < 4.78 is 65.5. The number of hydrogen-bond donors (Lipinski definition) is 0. The van der Waals surface area contributed by atoms with Crippen molar-refractivity contribution >= 4 is 27.5 Å². The van der Waals surface area contributed by atoms with Crippen LogP contribution in [0.15, 0.2) is 34.7 Å². The highest BCUT2D eigenvalue weighted by Crippen LogP contribution is 2.36. The monoisotopic (exact) mass is 424 g/mol. The molecule has 0 aromatic heterocycles. The van der Waals surface area contributed by atoms with E-state index in [0.29, 0.717) is 18.1 Å². The average molecular weight is 425 g/mol. The van der Waals surface area contributed by atoms with Crippen LogP contribution in [0.3, 0.4) is 0 Å². The first-order valence-electron chi connectivity index (χ1n) is 8.31. The van der Waals surface area contributed by atoms with Crippen molar-refractivity contribution in [3.8, 4) is 0 Å². The van der Waals surface area contributed by atoms with Crippen LogP contribution in [0, 0.1) is 0 Å². The maximum atomic E-state index is 13.0. The highest BCUT2D eigenvalue weighted by atomic mass is 35.5. The maximum absolute atomic E-state index is 13.0. The molecule has 1 amide bonds. The summed E-state index contributed by atoms with van der Waals surface area (Å²) in [5.41, 5.74) is -0.610. The summed E-state index contributed by atoms with van der Waals surface area (Å²) in [6, 6.07) is 2.53. The predicted octanol–water partition coefficient (Wildman–Crippen LogP) is 3.55. The van der Waals surface area contributed by atoms with Crippen LogP contribution >= 0.6 is 11.6 Å². The van der Waals surface area contributed by atoms with Crippen molar-refractivity contribution < 1.29 is 26.4 Å². The lowest BCUT2D eigenvalue weighted by Crippen LogP contribution is -2.50. The van der Waals surface area contributed by atoms with Crippen LogP contribution in [-0.2, 0) is 21.0 Å². The second-order valence-corrected chi connectivity index (χ2v) is 8.48. The molecule has 0 atom stereocenters. The van der Waals surface area contributed by atoms with E-state index in [1.165, 1.54) is 4.90 Å². The Labute approximate surface area is 161 Å². The van der Waals surface area contributed by atoms with Crippen LogP contribution < -0.4 is 0 Å². The van der Waals surface area contributed by atoms with Crippen LogP contribution in [0.1, 0.15) is 25.8 Å². The van der Waals surface area contributed by atoms with Gasteiger partial charge in [0.15, 0.2) is 0 Å². The number of piperazine rings is 1. The fourth-order valence-corrected chi connectivity index (χ4v) is 4.48. The van der Waals surface area contributed by atoms with Gasteiger partial charge >= 0.3 is 6.18 Å². The van der Waals surface area contributed by atoms with E-state index in [2.05, 4.69) is 0 Å². The van der Waals surface area contributed by atoms with Crippen LogP contribution in [0.5, 0.6) is 0 Å². The zero-order chi connectivity index (χ0) is 20.4. The number of rotatable bonds is 4. The summed E-state index contributed by atoms with van der Waals surface area (Å²) in [7, 11) is -4.12. The molecule has 0 spiro atoms. The Morgan fingerprint density at radius 2 is 1.81 bits per heavy atom. The van der Waals surface area contributed by atoms with Crippen molar-refractivity contribution in [1.29, 1.82) is 0 Å². The Bertz CT molecular complexity index is 845. The largest absolute Gasteiger partial charge is 0.417 e. The highest BCUT2D eigenvalue weighted by molar-refractivity contribution is 7.89. The van der Waals surface area contributed by atoms with Crippen molar-refractivity contribution in [2.45, 2.75) is 31.3 Å². The zero-order valence-electron chi connectivity index (χ0n) is 14.9. The molecule has 0 N–H and O–H groups in total. The summed E-state index contributed by atoms with van der Waals surface area (Å²) >= 11 is 5.55. The summed E-state index contributed by atoms with van der Waals surface area (Å²) in [6.07, 6.45) is -2.25.